The largest absolute Gasteiger partial charge is 0.363 e. The quantitative estimate of drug-likeness (QED) is 0.533. The lowest BCUT2D eigenvalue weighted by atomic mass is 9.84. The number of pyridine rings is 1. The molecule has 11 heteroatoms. The minimum absolute atomic E-state index is 0.0229. The van der Waals surface area contributed by atoms with E-state index in [1.54, 1.807) is 10.9 Å². The second-order valence-corrected chi connectivity index (χ2v) is 10.8. The molecule has 0 aromatic carbocycles. The van der Waals surface area contributed by atoms with E-state index in [2.05, 4.69) is 20.3 Å². The van der Waals surface area contributed by atoms with Crippen LogP contribution in [0.4, 0.5) is 8.78 Å². The van der Waals surface area contributed by atoms with Crippen LogP contribution >= 0.6 is 22.9 Å². The van der Waals surface area contributed by atoms with Gasteiger partial charge in [0.25, 0.3) is 5.92 Å². The number of ether oxygens (including phenoxy) is 1. The number of amides is 1. The fourth-order valence-electron chi connectivity index (χ4n) is 4.78. The van der Waals surface area contributed by atoms with Crippen LogP contribution < -0.4 is 5.32 Å². The third kappa shape index (κ3) is 4.72. The van der Waals surface area contributed by atoms with E-state index in [0.717, 1.165) is 16.8 Å². The van der Waals surface area contributed by atoms with Gasteiger partial charge in [0.15, 0.2) is 5.82 Å². The molecule has 7 nitrogen and oxygen atoms in total. The average Bonchev–Trinajstić information content (AvgIpc) is 3.41. The van der Waals surface area contributed by atoms with E-state index in [1.165, 1.54) is 24.3 Å². The molecule has 0 aliphatic carbocycles. The molecule has 0 radical (unpaired) electrons. The van der Waals surface area contributed by atoms with Crippen molar-refractivity contribution < 1.29 is 18.3 Å². The number of halogens is 3. The summed E-state index contributed by atoms with van der Waals surface area (Å²) in [7, 11) is 0. The maximum absolute atomic E-state index is 14.4. The number of nitrogens with zero attached hydrogens (tertiary/aromatic N) is 4. The number of carbonyl (C=O) groups excluding carboxylic acids is 1. The number of aryl methyl sites for hydroxylation is 1. The van der Waals surface area contributed by atoms with Crippen LogP contribution in [-0.2, 0) is 34.1 Å². The molecule has 0 saturated carbocycles. The summed E-state index contributed by atoms with van der Waals surface area (Å²) < 4.78 is 36.7. The van der Waals surface area contributed by atoms with Crippen LogP contribution in [0, 0.1) is 6.92 Å². The molecule has 0 atom stereocenters. The number of thiophene rings is 1. The van der Waals surface area contributed by atoms with E-state index < -0.39 is 18.1 Å². The van der Waals surface area contributed by atoms with Crippen LogP contribution in [0.15, 0.2) is 30.6 Å². The van der Waals surface area contributed by atoms with E-state index in [0.29, 0.717) is 54.1 Å². The van der Waals surface area contributed by atoms with Gasteiger partial charge in [0.1, 0.15) is 12.2 Å². The first kappa shape index (κ1) is 24.3. The Balaban J connectivity index is 1.30. The molecular weight excluding hydrogens is 496 g/mol. The second-order valence-electron chi connectivity index (χ2n) is 9.14. The molecule has 3 aromatic heterocycles. The fraction of sp³-hybridized carbons (Fsp3) is 0.458. The Morgan fingerprint density at radius 3 is 2.83 bits per heavy atom. The lowest BCUT2D eigenvalue weighted by molar-refractivity contribution is -0.182. The van der Waals surface area contributed by atoms with Gasteiger partial charge in [-0.1, -0.05) is 17.7 Å². The van der Waals surface area contributed by atoms with Gasteiger partial charge in [-0.2, -0.15) is 13.9 Å². The summed E-state index contributed by atoms with van der Waals surface area (Å²) in [5, 5.41) is 7.47. The molecule has 1 spiro atoms. The molecule has 5 rings (SSSR count). The van der Waals surface area contributed by atoms with Crippen molar-refractivity contribution in [3.8, 4) is 5.82 Å². The molecular formula is C24H26ClF2N5O2S. The van der Waals surface area contributed by atoms with Crippen molar-refractivity contribution in [2.75, 3.05) is 19.7 Å². The molecule has 2 aliphatic heterocycles. The number of nitrogens with one attached hydrogen (secondary N) is 1. The molecule has 35 heavy (non-hydrogen) atoms. The molecule has 0 bridgehead atoms. The molecule has 1 fully saturated rings. The Bertz CT molecular complexity index is 1250. The molecule has 186 valence electrons. The maximum Gasteiger partial charge on any atom is 0.297 e. The minimum Gasteiger partial charge on any atom is -0.363 e. The van der Waals surface area contributed by atoms with Crippen LogP contribution in [-0.4, -0.2) is 45.3 Å². The van der Waals surface area contributed by atoms with E-state index >= 15 is 0 Å². The van der Waals surface area contributed by atoms with Crippen LogP contribution in [0.3, 0.4) is 0 Å². The molecule has 1 amide bonds. The van der Waals surface area contributed by atoms with E-state index in [4.69, 9.17) is 16.3 Å². The van der Waals surface area contributed by atoms with Crippen molar-refractivity contribution in [1.82, 2.24) is 25.0 Å². The zero-order valence-corrected chi connectivity index (χ0v) is 21.1. The van der Waals surface area contributed by atoms with Crippen molar-refractivity contribution >= 4 is 28.8 Å². The lowest BCUT2D eigenvalue weighted by Gasteiger charge is -2.45. The summed E-state index contributed by atoms with van der Waals surface area (Å²) in [4.78, 5) is 18.7. The molecule has 5 heterocycles. The standard InChI is InChI=1S/C24H26ClF2N5O2S/c1-15-18(13-32(30-15)22-17(4-3-7-28-22)11-29-16(2)33)12-31-8-5-23(6-9-31)21-19(10-20(25)35-21)24(26,27)14-34-23/h3-4,7,10,13H,5-6,8-9,11-12,14H2,1-2H3,(H,29,33). The number of hydrogen-bond donors (Lipinski definition) is 1. The van der Waals surface area contributed by atoms with E-state index in [-0.39, 0.29) is 11.5 Å². The van der Waals surface area contributed by atoms with Crippen LogP contribution in [0.25, 0.3) is 5.82 Å². The highest BCUT2D eigenvalue weighted by Crippen LogP contribution is 2.52. The van der Waals surface area contributed by atoms with Gasteiger partial charge in [-0.3, -0.25) is 9.69 Å². The van der Waals surface area contributed by atoms with E-state index in [9.17, 15) is 13.6 Å². The van der Waals surface area contributed by atoms with Gasteiger partial charge < -0.3 is 10.1 Å². The maximum atomic E-state index is 14.4. The van der Waals surface area contributed by atoms with Crippen LogP contribution in [0.1, 0.15) is 47.0 Å². The Morgan fingerprint density at radius 1 is 1.31 bits per heavy atom. The van der Waals surface area contributed by atoms with Gasteiger partial charge in [0.2, 0.25) is 5.91 Å². The zero-order valence-electron chi connectivity index (χ0n) is 19.5. The smallest absolute Gasteiger partial charge is 0.297 e. The summed E-state index contributed by atoms with van der Waals surface area (Å²) in [6.45, 7) is 5.31. The molecule has 3 aromatic rings. The molecule has 2 aliphatic rings. The minimum atomic E-state index is -3.00. The second kappa shape index (κ2) is 9.24. The molecule has 0 unspecified atom stereocenters. The predicted molar refractivity (Wildman–Crippen MR) is 129 cm³/mol. The van der Waals surface area contributed by atoms with Gasteiger partial charge in [0, 0.05) is 67.1 Å². The first-order chi connectivity index (χ1) is 16.7. The van der Waals surface area contributed by atoms with Gasteiger partial charge in [-0.15, -0.1) is 11.3 Å². The summed E-state index contributed by atoms with van der Waals surface area (Å²) >= 11 is 7.33. The Kier molecular flexibility index (Phi) is 6.41. The summed E-state index contributed by atoms with van der Waals surface area (Å²) in [5.74, 6) is -2.44. The van der Waals surface area contributed by atoms with Gasteiger partial charge in [-0.05, 0) is 31.9 Å². The van der Waals surface area contributed by atoms with Gasteiger partial charge in [0.05, 0.1) is 10.0 Å². The average molecular weight is 522 g/mol. The van der Waals surface area contributed by atoms with Crippen LogP contribution in [0.5, 0.6) is 0 Å². The third-order valence-corrected chi connectivity index (χ3v) is 8.16. The van der Waals surface area contributed by atoms with Crippen molar-refractivity contribution in [1.29, 1.82) is 0 Å². The number of alkyl halides is 2. The normalized spacial score (nSPS) is 19.0. The van der Waals surface area contributed by atoms with E-state index in [1.807, 2.05) is 25.3 Å². The summed E-state index contributed by atoms with van der Waals surface area (Å²) in [6, 6.07) is 5.14. The Hall–Kier alpha value is -2.40. The van der Waals surface area contributed by atoms with Gasteiger partial charge in [-0.25, -0.2) is 9.67 Å². The fourth-order valence-corrected chi connectivity index (χ4v) is 6.26. The van der Waals surface area contributed by atoms with Crippen molar-refractivity contribution in [2.45, 2.75) is 51.3 Å². The first-order valence-electron chi connectivity index (χ1n) is 11.5. The number of hydrogen-bond acceptors (Lipinski definition) is 6. The Labute approximate surface area is 211 Å². The van der Waals surface area contributed by atoms with Crippen molar-refractivity contribution in [3.05, 3.63) is 62.2 Å². The highest BCUT2D eigenvalue weighted by atomic mass is 35.5. The number of aromatic nitrogens is 3. The summed E-state index contributed by atoms with van der Waals surface area (Å²) in [5.41, 5.74) is 2.15. The highest BCUT2D eigenvalue weighted by molar-refractivity contribution is 7.16. The highest BCUT2D eigenvalue weighted by Gasteiger charge is 2.51. The zero-order chi connectivity index (χ0) is 24.8. The predicted octanol–water partition coefficient (Wildman–Crippen LogP) is 4.54. The van der Waals surface area contributed by atoms with Crippen molar-refractivity contribution in [3.63, 3.8) is 0 Å². The molecule has 1 saturated heterocycles. The first-order valence-corrected chi connectivity index (χ1v) is 12.6. The number of fused-ring (bicyclic) bond motifs is 2. The number of carbonyl (C=O) groups is 1. The monoisotopic (exact) mass is 521 g/mol. The number of likely N-dealkylation sites (tertiary alicyclic amines) is 1. The lowest BCUT2D eigenvalue weighted by Crippen LogP contribution is -2.48. The van der Waals surface area contributed by atoms with Gasteiger partial charge >= 0.3 is 0 Å². The summed E-state index contributed by atoms with van der Waals surface area (Å²) in [6.07, 6.45) is 4.92. The third-order valence-electron chi connectivity index (χ3n) is 6.71. The Morgan fingerprint density at radius 2 is 2.09 bits per heavy atom. The topological polar surface area (TPSA) is 72.3 Å². The van der Waals surface area contributed by atoms with Crippen LogP contribution in [0.2, 0.25) is 4.34 Å². The van der Waals surface area contributed by atoms with Crippen molar-refractivity contribution in [2.24, 2.45) is 0 Å². The number of rotatable bonds is 5. The SMILES string of the molecule is CC(=O)NCc1cccnc1-n1cc(CN2CCC3(CC2)OCC(F)(F)c2cc(Cl)sc23)c(C)n1. The molecule has 1 N–H and O–H groups in total. The number of piperidine rings is 1.